The van der Waals surface area contributed by atoms with E-state index >= 15 is 0 Å². The Bertz CT molecular complexity index is 539. The van der Waals surface area contributed by atoms with E-state index in [4.69, 9.17) is 4.74 Å². The van der Waals surface area contributed by atoms with Crippen molar-refractivity contribution < 1.29 is 13.2 Å². The number of hydrogen-bond donors (Lipinski definition) is 1. The van der Waals surface area contributed by atoms with Crippen molar-refractivity contribution in [2.45, 2.75) is 30.7 Å². The van der Waals surface area contributed by atoms with E-state index < -0.39 is 10.0 Å². The van der Waals surface area contributed by atoms with Crippen LogP contribution in [0.15, 0.2) is 10.3 Å². The highest BCUT2D eigenvalue weighted by molar-refractivity contribution is 7.91. The molecule has 0 amide bonds. The molecule has 1 aromatic heterocycles. The SMILES string of the molecule is CNCc1sc(S(=O)(=O)N2CCOC(C)C2)cc1C. The van der Waals surface area contributed by atoms with Crippen molar-refractivity contribution in [3.05, 3.63) is 16.5 Å². The first kappa shape index (κ1) is 14.9. The zero-order chi connectivity index (χ0) is 14.0. The average Bonchev–Trinajstić information content (AvgIpc) is 2.72. The molecular formula is C12H20N2O3S2. The Morgan fingerprint density at radius 1 is 1.58 bits per heavy atom. The monoisotopic (exact) mass is 304 g/mol. The summed E-state index contributed by atoms with van der Waals surface area (Å²) < 4.78 is 32.5. The van der Waals surface area contributed by atoms with Gasteiger partial charge in [-0.25, -0.2) is 8.42 Å². The standard InChI is InChI=1S/C12H20N2O3S2/c1-9-6-12(18-11(9)7-13-3)19(15,16)14-4-5-17-10(2)8-14/h6,10,13H,4-5,7-8H2,1-3H3. The summed E-state index contributed by atoms with van der Waals surface area (Å²) in [4.78, 5) is 1.07. The molecule has 1 saturated heterocycles. The molecule has 108 valence electrons. The summed E-state index contributed by atoms with van der Waals surface area (Å²) in [5.41, 5.74) is 1.03. The lowest BCUT2D eigenvalue weighted by molar-refractivity contribution is 0.0102. The Hall–Kier alpha value is -0.470. The average molecular weight is 304 g/mol. The third-order valence-corrected chi connectivity index (χ3v) is 6.68. The molecule has 2 heterocycles. The molecule has 1 unspecified atom stereocenters. The van der Waals surface area contributed by atoms with Crippen molar-refractivity contribution in [3.63, 3.8) is 0 Å². The second-order valence-corrected chi connectivity index (χ2v) is 8.05. The van der Waals surface area contributed by atoms with Crippen LogP contribution in [0.2, 0.25) is 0 Å². The second kappa shape index (κ2) is 5.88. The zero-order valence-corrected chi connectivity index (χ0v) is 13.1. The van der Waals surface area contributed by atoms with Gasteiger partial charge in [0, 0.05) is 24.5 Å². The smallest absolute Gasteiger partial charge is 0.252 e. The van der Waals surface area contributed by atoms with Crippen molar-refractivity contribution in [1.29, 1.82) is 0 Å². The number of thiophene rings is 1. The van der Waals surface area contributed by atoms with Crippen molar-refractivity contribution in [2.24, 2.45) is 0 Å². The van der Waals surface area contributed by atoms with Crippen LogP contribution in [0.25, 0.3) is 0 Å². The highest BCUT2D eigenvalue weighted by Crippen LogP contribution is 2.29. The van der Waals surface area contributed by atoms with Crippen LogP contribution in [-0.4, -0.2) is 45.6 Å². The molecule has 0 spiro atoms. The molecule has 0 bridgehead atoms. The highest BCUT2D eigenvalue weighted by atomic mass is 32.2. The first-order chi connectivity index (χ1) is 8.95. The fourth-order valence-electron chi connectivity index (χ4n) is 2.08. The maximum atomic E-state index is 12.6. The van der Waals surface area contributed by atoms with Gasteiger partial charge in [-0.1, -0.05) is 0 Å². The van der Waals surface area contributed by atoms with E-state index in [0.29, 0.717) is 30.5 Å². The maximum Gasteiger partial charge on any atom is 0.252 e. The Labute approximate surface area is 118 Å². The van der Waals surface area contributed by atoms with Crippen molar-refractivity contribution in [2.75, 3.05) is 26.7 Å². The van der Waals surface area contributed by atoms with Crippen LogP contribution >= 0.6 is 11.3 Å². The Balaban J connectivity index is 2.26. The van der Waals surface area contributed by atoms with E-state index in [2.05, 4.69) is 5.32 Å². The zero-order valence-electron chi connectivity index (χ0n) is 11.5. The van der Waals surface area contributed by atoms with E-state index in [1.165, 1.54) is 15.6 Å². The van der Waals surface area contributed by atoms with Crippen LogP contribution in [0.4, 0.5) is 0 Å². The van der Waals surface area contributed by atoms with Gasteiger partial charge in [0.2, 0.25) is 0 Å². The number of aryl methyl sites for hydroxylation is 1. The van der Waals surface area contributed by atoms with Crippen LogP contribution < -0.4 is 5.32 Å². The van der Waals surface area contributed by atoms with E-state index in [1.807, 2.05) is 20.9 Å². The summed E-state index contributed by atoms with van der Waals surface area (Å²) in [5, 5.41) is 3.06. The van der Waals surface area contributed by atoms with Gasteiger partial charge in [0.15, 0.2) is 0 Å². The van der Waals surface area contributed by atoms with Gasteiger partial charge in [-0.2, -0.15) is 4.31 Å². The Kier molecular flexibility index (Phi) is 4.62. The lowest BCUT2D eigenvalue weighted by atomic mass is 10.3. The van der Waals surface area contributed by atoms with Crippen LogP contribution in [-0.2, 0) is 21.3 Å². The van der Waals surface area contributed by atoms with E-state index in [0.717, 1.165) is 10.4 Å². The topological polar surface area (TPSA) is 58.6 Å². The minimum atomic E-state index is -3.37. The largest absolute Gasteiger partial charge is 0.376 e. The highest BCUT2D eigenvalue weighted by Gasteiger charge is 2.30. The predicted octanol–water partition coefficient (Wildman–Crippen LogP) is 1.19. The van der Waals surface area contributed by atoms with Gasteiger partial charge in [0.25, 0.3) is 10.0 Å². The number of sulfonamides is 1. The first-order valence-corrected chi connectivity index (χ1v) is 8.56. The third-order valence-electron chi connectivity index (χ3n) is 3.13. The summed E-state index contributed by atoms with van der Waals surface area (Å²) in [6.45, 7) is 5.88. The van der Waals surface area contributed by atoms with Gasteiger partial charge in [0.05, 0.1) is 12.7 Å². The molecule has 1 N–H and O–H groups in total. The molecule has 1 fully saturated rings. The molecule has 1 aliphatic heterocycles. The lowest BCUT2D eigenvalue weighted by Crippen LogP contribution is -2.44. The Morgan fingerprint density at radius 3 is 2.95 bits per heavy atom. The van der Waals surface area contributed by atoms with Gasteiger partial charge in [0.1, 0.15) is 4.21 Å². The molecule has 0 radical (unpaired) electrons. The summed E-state index contributed by atoms with van der Waals surface area (Å²) in [6, 6.07) is 1.77. The van der Waals surface area contributed by atoms with Gasteiger partial charge < -0.3 is 10.1 Å². The van der Waals surface area contributed by atoms with Crippen molar-refractivity contribution in [3.8, 4) is 0 Å². The molecule has 5 nitrogen and oxygen atoms in total. The normalized spacial score (nSPS) is 21.7. The Morgan fingerprint density at radius 2 is 2.32 bits per heavy atom. The van der Waals surface area contributed by atoms with Gasteiger partial charge >= 0.3 is 0 Å². The molecule has 2 rings (SSSR count). The number of hydrogen-bond acceptors (Lipinski definition) is 5. The molecule has 19 heavy (non-hydrogen) atoms. The van der Waals surface area contributed by atoms with E-state index in [9.17, 15) is 8.42 Å². The van der Waals surface area contributed by atoms with Gasteiger partial charge in [-0.15, -0.1) is 11.3 Å². The molecule has 0 aliphatic carbocycles. The first-order valence-electron chi connectivity index (χ1n) is 6.31. The number of rotatable bonds is 4. The van der Waals surface area contributed by atoms with E-state index in [1.54, 1.807) is 6.07 Å². The molecule has 1 aliphatic rings. The quantitative estimate of drug-likeness (QED) is 0.907. The van der Waals surface area contributed by atoms with E-state index in [-0.39, 0.29) is 6.10 Å². The van der Waals surface area contributed by atoms with Crippen LogP contribution in [0.5, 0.6) is 0 Å². The van der Waals surface area contributed by atoms with Crippen molar-refractivity contribution >= 4 is 21.4 Å². The molecular weight excluding hydrogens is 284 g/mol. The molecule has 7 heteroatoms. The molecule has 0 aromatic carbocycles. The number of ether oxygens (including phenoxy) is 1. The second-order valence-electron chi connectivity index (χ2n) is 4.75. The predicted molar refractivity (Wildman–Crippen MR) is 76.0 cm³/mol. The third kappa shape index (κ3) is 3.17. The molecule has 0 saturated carbocycles. The van der Waals surface area contributed by atoms with Crippen LogP contribution in [0.1, 0.15) is 17.4 Å². The van der Waals surface area contributed by atoms with Gasteiger partial charge in [-0.05, 0) is 32.5 Å². The fraction of sp³-hybridized carbons (Fsp3) is 0.667. The van der Waals surface area contributed by atoms with Gasteiger partial charge in [-0.3, -0.25) is 0 Å². The summed E-state index contributed by atoms with van der Waals surface area (Å²) in [7, 11) is -1.51. The van der Waals surface area contributed by atoms with Crippen LogP contribution in [0.3, 0.4) is 0 Å². The van der Waals surface area contributed by atoms with Crippen LogP contribution in [0, 0.1) is 6.92 Å². The number of morpholine rings is 1. The summed E-state index contributed by atoms with van der Waals surface area (Å²) in [5.74, 6) is 0. The minimum Gasteiger partial charge on any atom is -0.376 e. The number of nitrogens with zero attached hydrogens (tertiary/aromatic N) is 1. The summed E-state index contributed by atoms with van der Waals surface area (Å²) in [6.07, 6.45) is -0.0404. The van der Waals surface area contributed by atoms with Crippen molar-refractivity contribution in [1.82, 2.24) is 9.62 Å². The maximum absolute atomic E-state index is 12.6. The molecule has 1 aromatic rings. The lowest BCUT2D eigenvalue weighted by Gasteiger charge is -2.29. The molecule has 1 atom stereocenters. The fourth-order valence-corrected chi connectivity index (χ4v) is 5.34. The summed E-state index contributed by atoms with van der Waals surface area (Å²) >= 11 is 1.35. The number of nitrogens with one attached hydrogen (secondary N) is 1. The minimum absolute atomic E-state index is 0.0404.